The molecule has 0 aromatic heterocycles. The first kappa shape index (κ1) is 16.9. The third kappa shape index (κ3) is 3.29. The molecule has 1 atom stereocenters. The molecule has 0 unspecified atom stereocenters. The molecule has 6 heteroatoms. The van der Waals surface area contributed by atoms with Crippen molar-refractivity contribution < 1.29 is 18.3 Å². The van der Waals surface area contributed by atoms with Crippen LogP contribution in [0.1, 0.15) is 31.2 Å². The maximum atomic E-state index is 13.3. The van der Waals surface area contributed by atoms with E-state index in [0.717, 1.165) is 57.6 Å². The van der Waals surface area contributed by atoms with Gasteiger partial charge in [-0.05, 0) is 42.9 Å². The molecular formula is C19H24F2N2O2. The highest BCUT2D eigenvalue weighted by atomic mass is 19.2. The highest BCUT2D eigenvalue weighted by Crippen LogP contribution is 2.42. The maximum Gasteiger partial charge on any atom is 0.222 e. The Labute approximate surface area is 146 Å². The topological polar surface area (TPSA) is 32.8 Å². The van der Waals surface area contributed by atoms with Gasteiger partial charge < -0.3 is 9.64 Å². The number of carbonyl (C=O) groups is 1. The fourth-order valence-corrected chi connectivity index (χ4v) is 4.51. The van der Waals surface area contributed by atoms with Gasteiger partial charge >= 0.3 is 0 Å². The molecule has 3 aliphatic heterocycles. The number of hydrogen-bond acceptors (Lipinski definition) is 3. The van der Waals surface area contributed by atoms with E-state index in [4.69, 9.17) is 4.74 Å². The zero-order valence-corrected chi connectivity index (χ0v) is 14.3. The number of amides is 1. The van der Waals surface area contributed by atoms with Crippen molar-refractivity contribution in [1.29, 1.82) is 0 Å². The van der Waals surface area contributed by atoms with Crippen molar-refractivity contribution in [3.05, 3.63) is 35.4 Å². The monoisotopic (exact) mass is 350 g/mol. The van der Waals surface area contributed by atoms with Crippen molar-refractivity contribution in [3.63, 3.8) is 0 Å². The van der Waals surface area contributed by atoms with E-state index in [-0.39, 0.29) is 11.5 Å². The van der Waals surface area contributed by atoms with Crippen LogP contribution in [-0.4, -0.2) is 54.1 Å². The highest BCUT2D eigenvalue weighted by molar-refractivity contribution is 5.78. The van der Waals surface area contributed by atoms with Gasteiger partial charge in [0, 0.05) is 45.8 Å². The van der Waals surface area contributed by atoms with E-state index in [1.54, 1.807) is 6.07 Å². The minimum absolute atomic E-state index is 0.110. The maximum absolute atomic E-state index is 13.3. The molecule has 0 aliphatic carbocycles. The quantitative estimate of drug-likeness (QED) is 0.818. The predicted molar refractivity (Wildman–Crippen MR) is 88.9 cm³/mol. The lowest BCUT2D eigenvalue weighted by Crippen LogP contribution is -2.64. The first-order valence-electron chi connectivity index (χ1n) is 9.14. The third-order valence-corrected chi connectivity index (χ3v) is 5.89. The number of likely N-dealkylation sites (tertiary alicyclic amines) is 2. The molecule has 0 N–H and O–H groups in total. The van der Waals surface area contributed by atoms with E-state index in [9.17, 15) is 13.6 Å². The summed E-state index contributed by atoms with van der Waals surface area (Å²) in [5.41, 5.74) is 0.674. The number of benzene rings is 1. The van der Waals surface area contributed by atoms with E-state index >= 15 is 0 Å². The smallest absolute Gasteiger partial charge is 0.222 e. The Morgan fingerprint density at radius 2 is 2.08 bits per heavy atom. The Balaban J connectivity index is 1.30. The fourth-order valence-electron chi connectivity index (χ4n) is 4.51. The minimum Gasteiger partial charge on any atom is -0.372 e. The van der Waals surface area contributed by atoms with Gasteiger partial charge in [0.15, 0.2) is 11.6 Å². The Morgan fingerprint density at radius 3 is 2.80 bits per heavy atom. The highest BCUT2D eigenvalue weighted by Gasteiger charge is 2.52. The second kappa shape index (κ2) is 6.65. The molecular weight excluding hydrogens is 326 g/mol. The average molecular weight is 350 g/mol. The molecule has 0 saturated carbocycles. The summed E-state index contributed by atoms with van der Waals surface area (Å²) in [4.78, 5) is 16.0. The first-order chi connectivity index (χ1) is 12.1. The van der Waals surface area contributed by atoms with Gasteiger partial charge in [0.25, 0.3) is 0 Å². The van der Waals surface area contributed by atoms with Crippen LogP contribution in [0.25, 0.3) is 0 Å². The summed E-state index contributed by atoms with van der Waals surface area (Å²) in [7, 11) is 0. The second-order valence-corrected chi connectivity index (χ2v) is 7.57. The largest absolute Gasteiger partial charge is 0.372 e. The van der Waals surface area contributed by atoms with E-state index in [2.05, 4.69) is 4.90 Å². The molecule has 1 aromatic rings. The molecule has 3 heterocycles. The molecule has 1 spiro atoms. The van der Waals surface area contributed by atoms with E-state index in [0.29, 0.717) is 18.9 Å². The standard InChI is InChI=1S/C19H24F2N2O2/c20-16-4-3-14(10-17(16)21)11-22-12-19(13-22)15(6-9-25-19)5-8-23-7-1-2-18(23)24/h3-4,10,15H,1-2,5-9,11-13H2/t15-/m1/s1. The van der Waals surface area contributed by atoms with Crippen LogP contribution in [0, 0.1) is 17.6 Å². The summed E-state index contributed by atoms with van der Waals surface area (Å²) in [6.07, 6.45) is 3.70. The summed E-state index contributed by atoms with van der Waals surface area (Å²) >= 11 is 0. The molecule has 4 rings (SSSR count). The lowest BCUT2D eigenvalue weighted by atomic mass is 9.78. The van der Waals surface area contributed by atoms with Gasteiger partial charge in [0.2, 0.25) is 5.91 Å². The number of ether oxygens (including phenoxy) is 1. The van der Waals surface area contributed by atoms with E-state index < -0.39 is 11.6 Å². The van der Waals surface area contributed by atoms with Gasteiger partial charge in [-0.2, -0.15) is 0 Å². The lowest BCUT2D eigenvalue weighted by molar-refractivity contribution is -0.139. The van der Waals surface area contributed by atoms with Gasteiger partial charge in [0.05, 0.1) is 5.60 Å². The number of nitrogens with zero attached hydrogens (tertiary/aromatic N) is 2. The van der Waals surface area contributed by atoms with Crippen LogP contribution >= 0.6 is 0 Å². The number of halogens is 2. The summed E-state index contributed by atoms with van der Waals surface area (Å²) < 4.78 is 32.4. The molecule has 1 aromatic carbocycles. The van der Waals surface area contributed by atoms with Gasteiger partial charge in [-0.3, -0.25) is 9.69 Å². The zero-order valence-electron chi connectivity index (χ0n) is 14.3. The van der Waals surface area contributed by atoms with Gasteiger partial charge in [0.1, 0.15) is 0 Å². The average Bonchev–Trinajstić information content (AvgIpc) is 3.15. The molecule has 1 amide bonds. The number of rotatable bonds is 5. The summed E-state index contributed by atoms with van der Waals surface area (Å²) in [5, 5.41) is 0. The first-order valence-corrected chi connectivity index (χ1v) is 9.14. The number of carbonyl (C=O) groups excluding carboxylic acids is 1. The van der Waals surface area contributed by atoms with Gasteiger partial charge in [-0.1, -0.05) is 6.07 Å². The van der Waals surface area contributed by atoms with Crippen LogP contribution in [0.15, 0.2) is 18.2 Å². The molecule has 3 saturated heterocycles. The van der Waals surface area contributed by atoms with Crippen molar-refractivity contribution in [1.82, 2.24) is 9.80 Å². The second-order valence-electron chi connectivity index (χ2n) is 7.57. The normalized spacial score (nSPS) is 25.8. The Bertz CT molecular complexity index is 661. The van der Waals surface area contributed by atoms with Crippen LogP contribution in [0.5, 0.6) is 0 Å². The van der Waals surface area contributed by atoms with E-state index in [1.165, 1.54) is 12.1 Å². The Hall–Kier alpha value is -1.53. The van der Waals surface area contributed by atoms with Crippen molar-refractivity contribution in [2.45, 2.75) is 37.8 Å². The summed E-state index contributed by atoms with van der Waals surface area (Å²) in [5.74, 6) is -0.846. The van der Waals surface area contributed by atoms with Crippen molar-refractivity contribution >= 4 is 5.91 Å². The summed E-state index contributed by atoms with van der Waals surface area (Å²) in [6, 6.07) is 4.09. The van der Waals surface area contributed by atoms with Crippen LogP contribution in [0.4, 0.5) is 8.78 Å². The minimum atomic E-state index is -0.806. The third-order valence-electron chi connectivity index (χ3n) is 5.89. The van der Waals surface area contributed by atoms with Crippen LogP contribution < -0.4 is 0 Å². The summed E-state index contributed by atoms with van der Waals surface area (Å²) in [6.45, 7) is 4.76. The predicted octanol–water partition coefficient (Wildman–Crippen LogP) is 2.57. The molecule has 0 bridgehead atoms. The lowest BCUT2D eigenvalue weighted by Gasteiger charge is -2.50. The molecule has 3 fully saturated rings. The fraction of sp³-hybridized carbons (Fsp3) is 0.632. The van der Waals surface area contributed by atoms with Gasteiger partial charge in [-0.15, -0.1) is 0 Å². The van der Waals surface area contributed by atoms with Crippen LogP contribution in [0.3, 0.4) is 0 Å². The van der Waals surface area contributed by atoms with E-state index in [1.807, 2.05) is 4.90 Å². The Kier molecular flexibility index (Phi) is 4.50. The number of hydrogen-bond donors (Lipinski definition) is 0. The van der Waals surface area contributed by atoms with Crippen LogP contribution in [0.2, 0.25) is 0 Å². The Morgan fingerprint density at radius 1 is 1.24 bits per heavy atom. The zero-order chi connectivity index (χ0) is 17.4. The van der Waals surface area contributed by atoms with Crippen LogP contribution in [-0.2, 0) is 16.1 Å². The van der Waals surface area contributed by atoms with Crippen molar-refractivity contribution in [2.75, 3.05) is 32.8 Å². The molecule has 136 valence electrons. The molecule has 25 heavy (non-hydrogen) atoms. The van der Waals surface area contributed by atoms with Crippen molar-refractivity contribution in [2.24, 2.45) is 5.92 Å². The molecule has 3 aliphatic rings. The SMILES string of the molecule is O=C1CCCN1CC[C@@H]1CCOC12CN(Cc1ccc(F)c(F)c1)C2. The van der Waals surface area contributed by atoms with Crippen molar-refractivity contribution in [3.8, 4) is 0 Å². The molecule has 0 radical (unpaired) electrons. The molecule has 4 nitrogen and oxygen atoms in total. The van der Waals surface area contributed by atoms with Gasteiger partial charge in [-0.25, -0.2) is 8.78 Å².